The number of carbonyl (C=O) groups excluding carboxylic acids is 1. The van der Waals surface area contributed by atoms with Gasteiger partial charge in [-0.2, -0.15) is 5.10 Å². The van der Waals surface area contributed by atoms with E-state index in [1.807, 2.05) is 19.1 Å². The van der Waals surface area contributed by atoms with E-state index >= 15 is 0 Å². The molecule has 2 aromatic rings. The molecule has 0 aliphatic heterocycles. The Labute approximate surface area is 164 Å². The predicted octanol–water partition coefficient (Wildman–Crippen LogP) is 3.86. The van der Waals surface area contributed by atoms with Crippen molar-refractivity contribution < 1.29 is 19.0 Å². The highest BCUT2D eigenvalue weighted by molar-refractivity contribution is 9.10. The van der Waals surface area contributed by atoms with Gasteiger partial charge in [-0.3, -0.25) is 10.2 Å². The van der Waals surface area contributed by atoms with E-state index in [0.29, 0.717) is 35.5 Å². The zero-order chi connectivity index (χ0) is 18.9. The van der Waals surface area contributed by atoms with Gasteiger partial charge >= 0.3 is 5.97 Å². The molecule has 0 saturated carbocycles. The van der Waals surface area contributed by atoms with Crippen molar-refractivity contribution in [3.8, 4) is 11.5 Å². The first kappa shape index (κ1) is 20.2. The molecule has 1 aromatic heterocycles. The normalized spacial score (nSPS) is 10.8. The van der Waals surface area contributed by atoms with Crippen LogP contribution in [0.2, 0.25) is 0 Å². The molecule has 140 valence electrons. The summed E-state index contributed by atoms with van der Waals surface area (Å²) < 4.78 is 16.6. The number of nitrogens with one attached hydrogen (secondary N) is 1. The van der Waals surface area contributed by atoms with Gasteiger partial charge in [0.15, 0.2) is 11.5 Å². The maximum Gasteiger partial charge on any atom is 0.311 e. The maximum absolute atomic E-state index is 11.5. The van der Waals surface area contributed by atoms with E-state index in [0.717, 1.165) is 10.0 Å². The van der Waals surface area contributed by atoms with Crippen LogP contribution in [0.3, 0.4) is 0 Å². The van der Waals surface area contributed by atoms with E-state index < -0.39 is 0 Å². The van der Waals surface area contributed by atoms with Crippen LogP contribution in [0.1, 0.15) is 25.1 Å². The summed E-state index contributed by atoms with van der Waals surface area (Å²) in [7, 11) is 1.59. The van der Waals surface area contributed by atoms with Crippen molar-refractivity contribution in [3.05, 3.63) is 33.2 Å². The van der Waals surface area contributed by atoms with Crippen LogP contribution in [0.4, 0.5) is 5.13 Å². The summed E-state index contributed by atoms with van der Waals surface area (Å²) >= 11 is 4.86. The third-order valence-corrected chi connectivity index (χ3v) is 4.61. The second-order valence-corrected chi connectivity index (χ2v) is 6.67. The number of ether oxygens (including phenoxy) is 3. The zero-order valence-corrected chi connectivity index (χ0v) is 17.1. The van der Waals surface area contributed by atoms with Gasteiger partial charge in [0.1, 0.15) is 0 Å². The molecule has 0 fully saturated rings. The van der Waals surface area contributed by atoms with Crippen LogP contribution in [0, 0.1) is 0 Å². The molecule has 0 spiro atoms. The first-order valence-corrected chi connectivity index (χ1v) is 9.64. The van der Waals surface area contributed by atoms with Crippen molar-refractivity contribution in [3.63, 3.8) is 0 Å². The Kier molecular flexibility index (Phi) is 7.86. The fraction of sp³-hybridized carbons (Fsp3) is 0.353. The molecular weight excluding hydrogens is 422 g/mol. The van der Waals surface area contributed by atoms with Crippen molar-refractivity contribution >= 4 is 44.6 Å². The highest BCUT2D eigenvalue weighted by Gasteiger charge is 2.10. The Hall–Kier alpha value is -2.13. The number of nitrogens with zero attached hydrogens (tertiary/aromatic N) is 2. The summed E-state index contributed by atoms with van der Waals surface area (Å²) in [6.45, 7) is 4.60. The number of esters is 1. The molecule has 9 heteroatoms. The number of aromatic nitrogens is 1. The van der Waals surface area contributed by atoms with Gasteiger partial charge in [-0.05, 0) is 41.9 Å². The molecule has 0 aliphatic carbocycles. The van der Waals surface area contributed by atoms with Gasteiger partial charge in [0.05, 0.1) is 38.7 Å². The topological polar surface area (TPSA) is 82.0 Å². The number of benzene rings is 1. The molecule has 0 atom stereocenters. The van der Waals surface area contributed by atoms with Crippen molar-refractivity contribution in [1.29, 1.82) is 0 Å². The number of thiazole rings is 1. The average Bonchev–Trinajstić information content (AvgIpc) is 3.04. The molecule has 0 amide bonds. The lowest BCUT2D eigenvalue weighted by molar-refractivity contribution is -0.142. The zero-order valence-electron chi connectivity index (χ0n) is 14.7. The van der Waals surface area contributed by atoms with Gasteiger partial charge in [0.2, 0.25) is 5.13 Å². The fourth-order valence-corrected chi connectivity index (χ4v) is 3.12. The third kappa shape index (κ3) is 5.70. The number of carbonyl (C=O) groups is 1. The molecule has 0 unspecified atom stereocenters. The number of halogens is 1. The standard InChI is InChI=1S/C17H20BrN3O4S/c1-4-24-15-8-13(18)11(6-14(15)23-3)9-19-21-17-20-12(10-26-17)7-16(22)25-5-2/h6,8-10H,4-5,7H2,1-3H3,(H,20,21). The van der Waals surface area contributed by atoms with Crippen molar-refractivity contribution in [2.45, 2.75) is 20.3 Å². The SMILES string of the molecule is CCOC(=O)Cc1csc(NN=Cc2cc(OC)c(OCC)cc2Br)n1. The molecule has 7 nitrogen and oxygen atoms in total. The predicted molar refractivity (Wildman–Crippen MR) is 106 cm³/mol. The third-order valence-electron chi connectivity index (χ3n) is 3.13. The highest BCUT2D eigenvalue weighted by Crippen LogP contribution is 2.32. The Morgan fingerprint density at radius 3 is 2.85 bits per heavy atom. The molecule has 0 aliphatic rings. The number of hydrogen-bond acceptors (Lipinski definition) is 8. The van der Waals surface area contributed by atoms with Gasteiger partial charge in [0.25, 0.3) is 0 Å². The van der Waals surface area contributed by atoms with Crippen LogP contribution >= 0.6 is 27.3 Å². The molecule has 1 heterocycles. The molecule has 26 heavy (non-hydrogen) atoms. The summed E-state index contributed by atoms with van der Waals surface area (Å²) in [6.07, 6.45) is 1.80. The second kappa shape index (κ2) is 10.1. The van der Waals surface area contributed by atoms with E-state index in [-0.39, 0.29) is 12.4 Å². The van der Waals surface area contributed by atoms with Crippen LogP contribution in [0.15, 0.2) is 27.1 Å². The minimum Gasteiger partial charge on any atom is -0.493 e. The van der Waals surface area contributed by atoms with Gasteiger partial charge in [-0.1, -0.05) is 0 Å². The summed E-state index contributed by atoms with van der Waals surface area (Å²) in [5, 5.41) is 6.57. The smallest absolute Gasteiger partial charge is 0.311 e. The van der Waals surface area contributed by atoms with E-state index in [1.54, 1.807) is 25.6 Å². The Morgan fingerprint density at radius 2 is 2.15 bits per heavy atom. The molecule has 0 radical (unpaired) electrons. The Balaban J connectivity index is 2.02. The molecule has 1 aromatic carbocycles. The van der Waals surface area contributed by atoms with E-state index in [4.69, 9.17) is 14.2 Å². The Morgan fingerprint density at radius 1 is 1.35 bits per heavy atom. The lowest BCUT2D eigenvalue weighted by Gasteiger charge is -2.11. The molecule has 0 saturated heterocycles. The number of methoxy groups -OCH3 is 1. The molecule has 0 bridgehead atoms. The monoisotopic (exact) mass is 441 g/mol. The van der Waals surface area contributed by atoms with Gasteiger partial charge in [-0.15, -0.1) is 11.3 Å². The Bertz CT molecular complexity index is 779. The van der Waals surface area contributed by atoms with Crippen molar-refractivity contribution in [2.75, 3.05) is 25.7 Å². The first-order chi connectivity index (χ1) is 12.6. The van der Waals surface area contributed by atoms with Crippen molar-refractivity contribution in [1.82, 2.24) is 4.98 Å². The van der Waals surface area contributed by atoms with Crippen LogP contribution in [0.5, 0.6) is 11.5 Å². The number of rotatable bonds is 9. The largest absolute Gasteiger partial charge is 0.493 e. The van der Waals surface area contributed by atoms with Crippen LogP contribution < -0.4 is 14.9 Å². The van der Waals surface area contributed by atoms with Crippen LogP contribution in [-0.2, 0) is 16.0 Å². The van der Waals surface area contributed by atoms with Crippen LogP contribution in [0.25, 0.3) is 0 Å². The van der Waals surface area contributed by atoms with E-state index in [9.17, 15) is 4.79 Å². The minimum atomic E-state index is -0.293. The minimum absolute atomic E-state index is 0.150. The van der Waals surface area contributed by atoms with Gasteiger partial charge < -0.3 is 14.2 Å². The summed E-state index contributed by atoms with van der Waals surface area (Å²) in [6, 6.07) is 3.67. The van der Waals surface area contributed by atoms with Gasteiger partial charge in [0, 0.05) is 15.4 Å². The number of hydrogen-bond donors (Lipinski definition) is 1. The average molecular weight is 442 g/mol. The number of hydrazone groups is 1. The van der Waals surface area contributed by atoms with E-state index in [1.165, 1.54) is 11.3 Å². The quantitative estimate of drug-likeness (QED) is 0.361. The second-order valence-electron chi connectivity index (χ2n) is 4.95. The summed E-state index contributed by atoms with van der Waals surface area (Å²) in [4.78, 5) is 15.8. The molecular formula is C17H20BrN3O4S. The maximum atomic E-state index is 11.5. The fourth-order valence-electron chi connectivity index (χ4n) is 2.03. The molecule has 2 rings (SSSR count). The highest BCUT2D eigenvalue weighted by atomic mass is 79.9. The number of anilines is 1. The van der Waals surface area contributed by atoms with Crippen molar-refractivity contribution in [2.24, 2.45) is 5.10 Å². The summed E-state index contributed by atoms with van der Waals surface area (Å²) in [5.41, 5.74) is 4.32. The lowest BCUT2D eigenvalue weighted by Crippen LogP contribution is -2.07. The molecule has 1 N–H and O–H groups in total. The van der Waals surface area contributed by atoms with E-state index in [2.05, 4.69) is 31.4 Å². The first-order valence-electron chi connectivity index (χ1n) is 7.96. The van der Waals surface area contributed by atoms with Gasteiger partial charge in [-0.25, -0.2) is 4.98 Å². The summed E-state index contributed by atoms with van der Waals surface area (Å²) in [5.74, 6) is 0.997. The lowest BCUT2D eigenvalue weighted by atomic mass is 10.2. The van der Waals surface area contributed by atoms with Crippen LogP contribution in [-0.4, -0.2) is 37.5 Å².